The number of carbonyl (C=O) groups excluding carboxylic acids is 1. The van der Waals surface area contributed by atoms with Gasteiger partial charge in [0, 0.05) is 20.0 Å². The molecule has 1 amide bonds. The average molecular weight is 270 g/mol. The van der Waals surface area contributed by atoms with Crippen molar-refractivity contribution in [3.05, 3.63) is 0 Å². The maximum absolute atomic E-state index is 10.8. The van der Waals surface area contributed by atoms with Crippen LogP contribution in [0.25, 0.3) is 0 Å². The topological polar surface area (TPSA) is 50.8 Å². The van der Waals surface area contributed by atoms with Crippen LogP contribution in [0.1, 0.15) is 26.2 Å². The maximum atomic E-state index is 10.8. The average Bonchev–Trinajstić information content (AvgIpc) is 2.42. The predicted octanol–water partition coefficient (Wildman–Crippen LogP) is 0.640. The van der Waals surface area contributed by atoms with Gasteiger partial charge in [0.15, 0.2) is 0 Å². The van der Waals surface area contributed by atoms with Crippen LogP contribution in [0, 0.1) is 5.92 Å². The van der Waals surface area contributed by atoms with Gasteiger partial charge in [-0.05, 0) is 38.3 Å². The van der Waals surface area contributed by atoms with E-state index in [4.69, 9.17) is 9.47 Å². The van der Waals surface area contributed by atoms with E-state index in [2.05, 4.69) is 10.2 Å². The third-order valence-electron chi connectivity index (χ3n) is 3.98. The largest absolute Gasteiger partial charge is 0.376 e. The molecule has 1 N–H and O–H groups in total. The Labute approximate surface area is 115 Å². The molecule has 2 aliphatic rings. The van der Waals surface area contributed by atoms with Crippen LogP contribution in [0.3, 0.4) is 0 Å². The molecule has 0 bridgehead atoms. The fourth-order valence-electron chi connectivity index (χ4n) is 2.84. The Hall–Kier alpha value is -0.650. The lowest BCUT2D eigenvalue weighted by Gasteiger charge is -2.35. The summed E-state index contributed by atoms with van der Waals surface area (Å²) in [4.78, 5) is 13.3. The molecule has 0 aliphatic carbocycles. The molecule has 1 atom stereocenters. The zero-order valence-corrected chi connectivity index (χ0v) is 11.9. The SMILES string of the molecule is CC(=O)NCCC1CCN(CC2COCCO2)CC1. The Kier molecular flexibility index (Phi) is 6.07. The van der Waals surface area contributed by atoms with Gasteiger partial charge in [0.05, 0.1) is 25.9 Å². The van der Waals surface area contributed by atoms with Gasteiger partial charge in [-0.1, -0.05) is 0 Å². The van der Waals surface area contributed by atoms with Crippen molar-refractivity contribution in [2.45, 2.75) is 32.3 Å². The number of piperidine rings is 1. The third-order valence-corrected chi connectivity index (χ3v) is 3.98. The van der Waals surface area contributed by atoms with E-state index in [0.29, 0.717) is 0 Å². The van der Waals surface area contributed by atoms with Crippen LogP contribution in [-0.4, -0.2) is 62.9 Å². The predicted molar refractivity (Wildman–Crippen MR) is 73.0 cm³/mol. The minimum atomic E-state index is 0.0758. The molecule has 2 fully saturated rings. The molecule has 0 spiro atoms. The van der Waals surface area contributed by atoms with Gasteiger partial charge in [-0.25, -0.2) is 0 Å². The van der Waals surface area contributed by atoms with E-state index in [1.807, 2.05) is 0 Å². The number of rotatable bonds is 5. The van der Waals surface area contributed by atoms with E-state index in [1.54, 1.807) is 6.92 Å². The first kappa shape index (κ1) is 14.8. The van der Waals surface area contributed by atoms with E-state index in [1.165, 1.54) is 12.8 Å². The Balaban J connectivity index is 1.58. The number of hydrogen-bond acceptors (Lipinski definition) is 4. The fourth-order valence-corrected chi connectivity index (χ4v) is 2.84. The first-order valence-electron chi connectivity index (χ1n) is 7.40. The molecular formula is C14H26N2O3. The second-order valence-electron chi connectivity index (χ2n) is 5.58. The number of nitrogens with one attached hydrogen (secondary N) is 1. The Morgan fingerprint density at radius 1 is 1.32 bits per heavy atom. The number of hydrogen-bond donors (Lipinski definition) is 1. The van der Waals surface area contributed by atoms with Gasteiger partial charge in [-0.15, -0.1) is 0 Å². The highest BCUT2D eigenvalue weighted by atomic mass is 16.6. The molecule has 5 heteroatoms. The lowest BCUT2D eigenvalue weighted by Crippen LogP contribution is -2.43. The molecule has 0 aromatic carbocycles. The van der Waals surface area contributed by atoms with Gasteiger partial charge in [-0.3, -0.25) is 4.79 Å². The Morgan fingerprint density at radius 3 is 2.74 bits per heavy atom. The van der Waals surface area contributed by atoms with Crippen LogP contribution >= 0.6 is 0 Å². The number of carbonyl (C=O) groups is 1. The second-order valence-corrected chi connectivity index (χ2v) is 5.58. The molecule has 2 aliphatic heterocycles. The van der Waals surface area contributed by atoms with E-state index in [-0.39, 0.29) is 12.0 Å². The first-order chi connectivity index (χ1) is 9.24. The lowest BCUT2D eigenvalue weighted by atomic mass is 9.93. The third kappa shape index (κ3) is 5.47. The smallest absolute Gasteiger partial charge is 0.216 e. The molecule has 5 nitrogen and oxygen atoms in total. The van der Waals surface area contributed by atoms with Crippen LogP contribution in [0.4, 0.5) is 0 Å². The molecule has 110 valence electrons. The van der Waals surface area contributed by atoms with Crippen LogP contribution in [-0.2, 0) is 14.3 Å². The minimum Gasteiger partial charge on any atom is -0.376 e. The molecule has 1 unspecified atom stereocenters. The number of nitrogens with zero attached hydrogens (tertiary/aromatic N) is 1. The Bertz CT molecular complexity index is 272. The number of likely N-dealkylation sites (tertiary alicyclic amines) is 1. The van der Waals surface area contributed by atoms with Crippen molar-refractivity contribution in [1.82, 2.24) is 10.2 Å². The summed E-state index contributed by atoms with van der Waals surface area (Å²) in [5.74, 6) is 0.832. The highest BCUT2D eigenvalue weighted by molar-refractivity contribution is 5.72. The van der Waals surface area contributed by atoms with Gasteiger partial charge in [0.25, 0.3) is 0 Å². The zero-order valence-electron chi connectivity index (χ0n) is 11.9. The molecular weight excluding hydrogens is 244 g/mol. The molecule has 2 heterocycles. The summed E-state index contributed by atoms with van der Waals surface area (Å²) in [5.41, 5.74) is 0. The molecule has 0 aromatic heterocycles. The number of amides is 1. The van der Waals surface area contributed by atoms with E-state index < -0.39 is 0 Å². The molecule has 2 rings (SSSR count). The van der Waals surface area contributed by atoms with E-state index >= 15 is 0 Å². The van der Waals surface area contributed by atoms with Crippen molar-refractivity contribution < 1.29 is 14.3 Å². The first-order valence-corrected chi connectivity index (χ1v) is 7.40. The standard InChI is InChI=1S/C14H26N2O3/c1-12(17)15-5-2-13-3-6-16(7-4-13)10-14-11-18-8-9-19-14/h13-14H,2-11H2,1H3,(H,15,17). The van der Waals surface area contributed by atoms with Crippen molar-refractivity contribution in [1.29, 1.82) is 0 Å². The van der Waals surface area contributed by atoms with Crippen molar-refractivity contribution in [3.63, 3.8) is 0 Å². The fraction of sp³-hybridized carbons (Fsp3) is 0.929. The second kappa shape index (κ2) is 7.82. The summed E-state index contributed by atoms with van der Waals surface area (Å²) in [7, 11) is 0. The van der Waals surface area contributed by atoms with Crippen LogP contribution < -0.4 is 5.32 Å². The summed E-state index contributed by atoms with van der Waals surface area (Å²) in [6, 6.07) is 0. The van der Waals surface area contributed by atoms with Crippen molar-refractivity contribution in [2.75, 3.05) is 46.0 Å². The van der Waals surface area contributed by atoms with Crippen molar-refractivity contribution in [3.8, 4) is 0 Å². The highest BCUT2D eigenvalue weighted by Crippen LogP contribution is 2.20. The van der Waals surface area contributed by atoms with Crippen LogP contribution in [0.2, 0.25) is 0 Å². The Morgan fingerprint density at radius 2 is 2.11 bits per heavy atom. The molecule has 0 radical (unpaired) electrons. The summed E-state index contributed by atoms with van der Waals surface area (Å²) in [6.07, 6.45) is 3.82. The summed E-state index contributed by atoms with van der Waals surface area (Å²) in [5, 5.41) is 2.88. The van der Waals surface area contributed by atoms with E-state index in [9.17, 15) is 4.79 Å². The lowest BCUT2D eigenvalue weighted by molar-refractivity contribution is -0.119. The van der Waals surface area contributed by atoms with Gasteiger partial charge >= 0.3 is 0 Å². The zero-order chi connectivity index (χ0) is 13.5. The van der Waals surface area contributed by atoms with Gasteiger partial charge in [0.2, 0.25) is 5.91 Å². The summed E-state index contributed by atoms with van der Waals surface area (Å²) < 4.78 is 11.1. The van der Waals surface area contributed by atoms with Crippen LogP contribution in [0.5, 0.6) is 0 Å². The summed E-state index contributed by atoms with van der Waals surface area (Å²) in [6.45, 7) is 7.89. The summed E-state index contributed by atoms with van der Waals surface area (Å²) >= 11 is 0. The van der Waals surface area contributed by atoms with Gasteiger partial charge in [-0.2, -0.15) is 0 Å². The molecule has 2 saturated heterocycles. The van der Waals surface area contributed by atoms with Gasteiger partial charge in [0.1, 0.15) is 0 Å². The number of ether oxygens (including phenoxy) is 2. The normalized spacial score (nSPS) is 26.3. The van der Waals surface area contributed by atoms with Crippen molar-refractivity contribution in [2.24, 2.45) is 5.92 Å². The van der Waals surface area contributed by atoms with Gasteiger partial charge < -0.3 is 19.7 Å². The quantitative estimate of drug-likeness (QED) is 0.796. The van der Waals surface area contributed by atoms with Crippen molar-refractivity contribution >= 4 is 5.91 Å². The molecule has 0 aromatic rings. The highest BCUT2D eigenvalue weighted by Gasteiger charge is 2.23. The minimum absolute atomic E-state index is 0.0758. The monoisotopic (exact) mass is 270 g/mol. The maximum Gasteiger partial charge on any atom is 0.216 e. The molecule has 19 heavy (non-hydrogen) atoms. The molecule has 0 saturated carbocycles. The van der Waals surface area contributed by atoms with Crippen LogP contribution in [0.15, 0.2) is 0 Å². The van der Waals surface area contributed by atoms with E-state index in [0.717, 1.165) is 58.3 Å².